The standard InChI is InChI=1S/C22H24ClN5O2/c1-3-27(4-2)22(30)16-6-8-17(9-7-16)26-21(29)15-24-18-10-11-20(19(23)14-18)28-13-5-12-25-28/h5-14,24H,3-4,15H2,1-2H3,(H,26,29). The van der Waals surface area contributed by atoms with E-state index in [0.717, 1.165) is 11.4 Å². The molecular weight excluding hydrogens is 402 g/mol. The maximum absolute atomic E-state index is 12.3. The molecule has 0 radical (unpaired) electrons. The van der Waals surface area contributed by atoms with E-state index in [2.05, 4.69) is 15.7 Å². The van der Waals surface area contributed by atoms with E-state index in [-0.39, 0.29) is 18.4 Å². The molecule has 30 heavy (non-hydrogen) atoms. The largest absolute Gasteiger partial charge is 0.376 e. The summed E-state index contributed by atoms with van der Waals surface area (Å²) in [5.41, 5.74) is 2.72. The average molecular weight is 426 g/mol. The second-order valence-electron chi connectivity index (χ2n) is 6.57. The van der Waals surface area contributed by atoms with Crippen molar-refractivity contribution in [3.05, 3.63) is 71.5 Å². The van der Waals surface area contributed by atoms with Crippen LogP contribution in [0.4, 0.5) is 11.4 Å². The lowest BCUT2D eigenvalue weighted by atomic mass is 10.1. The Morgan fingerprint density at radius 3 is 2.37 bits per heavy atom. The summed E-state index contributed by atoms with van der Waals surface area (Å²) >= 11 is 6.32. The van der Waals surface area contributed by atoms with Crippen LogP contribution in [0.5, 0.6) is 0 Å². The van der Waals surface area contributed by atoms with Gasteiger partial charge in [-0.25, -0.2) is 4.68 Å². The molecule has 0 unspecified atom stereocenters. The van der Waals surface area contributed by atoms with Gasteiger partial charge in [0.05, 0.1) is 17.3 Å². The molecule has 0 saturated heterocycles. The van der Waals surface area contributed by atoms with Crippen molar-refractivity contribution in [3.8, 4) is 5.69 Å². The third-order valence-electron chi connectivity index (χ3n) is 4.62. The molecule has 0 fully saturated rings. The maximum Gasteiger partial charge on any atom is 0.253 e. The molecule has 1 heterocycles. The summed E-state index contributed by atoms with van der Waals surface area (Å²) in [6.07, 6.45) is 3.49. The van der Waals surface area contributed by atoms with Crippen LogP contribution < -0.4 is 10.6 Å². The first-order valence-electron chi connectivity index (χ1n) is 9.74. The van der Waals surface area contributed by atoms with Crippen LogP contribution in [0, 0.1) is 0 Å². The molecule has 8 heteroatoms. The van der Waals surface area contributed by atoms with Gasteiger partial charge in [-0.3, -0.25) is 9.59 Å². The minimum absolute atomic E-state index is 0.0185. The van der Waals surface area contributed by atoms with Crippen LogP contribution in [-0.2, 0) is 4.79 Å². The van der Waals surface area contributed by atoms with Crippen LogP contribution in [0.1, 0.15) is 24.2 Å². The number of anilines is 2. The molecule has 0 aliphatic rings. The van der Waals surface area contributed by atoms with Crippen LogP contribution in [-0.4, -0.2) is 46.1 Å². The first-order valence-corrected chi connectivity index (χ1v) is 10.1. The fourth-order valence-corrected chi connectivity index (χ4v) is 3.26. The minimum atomic E-state index is -0.204. The predicted molar refractivity (Wildman–Crippen MR) is 119 cm³/mol. The fourth-order valence-electron chi connectivity index (χ4n) is 2.99. The van der Waals surface area contributed by atoms with Gasteiger partial charge >= 0.3 is 0 Å². The number of nitrogens with zero attached hydrogens (tertiary/aromatic N) is 3. The molecule has 7 nitrogen and oxygen atoms in total. The van der Waals surface area contributed by atoms with Crippen molar-refractivity contribution in [1.29, 1.82) is 0 Å². The van der Waals surface area contributed by atoms with Gasteiger partial charge in [-0.1, -0.05) is 11.6 Å². The number of carbonyl (C=O) groups excluding carboxylic acids is 2. The van der Waals surface area contributed by atoms with Gasteiger partial charge in [0.25, 0.3) is 5.91 Å². The van der Waals surface area contributed by atoms with Crippen molar-refractivity contribution >= 4 is 34.8 Å². The Balaban J connectivity index is 1.55. The molecule has 2 amide bonds. The first-order chi connectivity index (χ1) is 14.5. The fraction of sp³-hybridized carbons (Fsp3) is 0.227. The molecule has 2 aromatic carbocycles. The lowest BCUT2D eigenvalue weighted by Gasteiger charge is -2.18. The average Bonchev–Trinajstić information content (AvgIpc) is 3.28. The zero-order valence-corrected chi connectivity index (χ0v) is 17.7. The molecule has 0 aliphatic carbocycles. The Kier molecular flexibility index (Phi) is 7.08. The van der Waals surface area contributed by atoms with E-state index in [1.807, 2.05) is 38.2 Å². The van der Waals surface area contributed by atoms with Crippen LogP contribution >= 0.6 is 11.6 Å². The smallest absolute Gasteiger partial charge is 0.253 e. The Morgan fingerprint density at radius 1 is 1.07 bits per heavy atom. The molecule has 1 aromatic heterocycles. The summed E-state index contributed by atoms with van der Waals surface area (Å²) in [5.74, 6) is -0.222. The van der Waals surface area contributed by atoms with Gasteiger partial charge in [-0.15, -0.1) is 0 Å². The Bertz CT molecular complexity index is 999. The Hall–Kier alpha value is -3.32. The van der Waals surface area contributed by atoms with Crippen LogP contribution in [0.3, 0.4) is 0 Å². The van der Waals surface area contributed by atoms with Gasteiger partial charge in [0.2, 0.25) is 5.91 Å². The lowest BCUT2D eigenvalue weighted by molar-refractivity contribution is -0.114. The SMILES string of the molecule is CCN(CC)C(=O)c1ccc(NC(=O)CNc2ccc(-n3cccn3)c(Cl)c2)cc1. The van der Waals surface area contributed by atoms with Crippen molar-refractivity contribution in [1.82, 2.24) is 14.7 Å². The second kappa shape index (κ2) is 9.93. The van der Waals surface area contributed by atoms with Crippen molar-refractivity contribution in [3.63, 3.8) is 0 Å². The third-order valence-corrected chi connectivity index (χ3v) is 4.92. The van der Waals surface area contributed by atoms with Gasteiger partial charge in [-0.05, 0) is 62.4 Å². The summed E-state index contributed by atoms with van der Waals surface area (Å²) in [6.45, 7) is 5.29. The molecule has 0 spiro atoms. The summed E-state index contributed by atoms with van der Waals surface area (Å²) in [5, 5.41) is 10.5. The topological polar surface area (TPSA) is 79.3 Å². The number of amides is 2. The van der Waals surface area contributed by atoms with Crippen LogP contribution in [0.25, 0.3) is 5.69 Å². The van der Waals surface area contributed by atoms with Crippen molar-refractivity contribution < 1.29 is 9.59 Å². The van der Waals surface area contributed by atoms with Gasteiger partial charge in [-0.2, -0.15) is 5.10 Å². The molecule has 3 rings (SSSR count). The van der Waals surface area contributed by atoms with Crippen molar-refractivity contribution in [2.75, 3.05) is 30.3 Å². The van der Waals surface area contributed by atoms with E-state index in [0.29, 0.717) is 29.4 Å². The summed E-state index contributed by atoms with van der Waals surface area (Å²) < 4.78 is 1.67. The highest BCUT2D eigenvalue weighted by atomic mass is 35.5. The zero-order chi connectivity index (χ0) is 21.5. The predicted octanol–water partition coefficient (Wildman–Crippen LogP) is 4.06. The van der Waals surface area contributed by atoms with E-state index >= 15 is 0 Å². The van der Waals surface area contributed by atoms with Crippen LogP contribution in [0.2, 0.25) is 5.02 Å². The Labute approximate surface area is 180 Å². The number of rotatable bonds is 8. The molecule has 0 atom stereocenters. The van der Waals surface area contributed by atoms with E-state index in [9.17, 15) is 9.59 Å². The van der Waals surface area contributed by atoms with E-state index in [1.165, 1.54) is 0 Å². The van der Waals surface area contributed by atoms with Gasteiger partial charge in [0.15, 0.2) is 0 Å². The maximum atomic E-state index is 12.3. The molecule has 0 saturated carbocycles. The lowest BCUT2D eigenvalue weighted by Crippen LogP contribution is -2.30. The van der Waals surface area contributed by atoms with Crippen molar-refractivity contribution in [2.24, 2.45) is 0 Å². The first kappa shape index (κ1) is 21.4. The van der Waals surface area contributed by atoms with E-state index in [1.54, 1.807) is 46.1 Å². The highest BCUT2D eigenvalue weighted by Crippen LogP contribution is 2.23. The number of benzene rings is 2. The number of hydrogen-bond donors (Lipinski definition) is 2. The van der Waals surface area contributed by atoms with Crippen LogP contribution in [0.15, 0.2) is 60.9 Å². The highest BCUT2D eigenvalue weighted by Gasteiger charge is 2.12. The van der Waals surface area contributed by atoms with E-state index < -0.39 is 0 Å². The molecular formula is C22H24ClN5O2. The number of carbonyl (C=O) groups is 2. The summed E-state index contributed by atoms with van der Waals surface area (Å²) in [6, 6.07) is 14.1. The quantitative estimate of drug-likeness (QED) is 0.570. The van der Waals surface area contributed by atoms with Crippen molar-refractivity contribution in [2.45, 2.75) is 13.8 Å². The molecule has 0 bridgehead atoms. The zero-order valence-electron chi connectivity index (χ0n) is 16.9. The molecule has 2 N–H and O–H groups in total. The molecule has 0 aliphatic heterocycles. The van der Waals surface area contributed by atoms with E-state index in [4.69, 9.17) is 11.6 Å². The Morgan fingerprint density at radius 2 is 1.77 bits per heavy atom. The van der Waals surface area contributed by atoms with Gasteiger partial charge in [0, 0.05) is 42.4 Å². The van der Waals surface area contributed by atoms with Gasteiger partial charge < -0.3 is 15.5 Å². The normalized spacial score (nSPS) is 10.5. The molecule has 3 aromatic rings. The molecule has 156 valence electrons. The number of aromatic nitrogens is 2. The number of halogens is 1. The van der Waals surface area contributed by atoms with Gasteiger partial charge in [0.1, 0.15) is 0 Å². The second-order valence-corrected chi connectivity index (χ2v) is 6.98. The highest BCUT2D eigenvalue weighted by molar-refractivity contribution is 6.32. The minimum Gasteiger partial charge on any atom is -0.376 e. The number of nitrogens with one attached hydrogen (secondary N) is 2. The summed E-state index contributed by atoms with van der Waals surface area (Å²) in [7, 11) is 0. The number of hydrogen-bond acceptors (Lipinski definition) is 4. The third kappa shape index (κ3) is 5.18. The monoisotopic (exact) mass is 425 g/mol. The summed E-state index contributed by atoms with van der Waals surface area (Å²) in [4.78, 5) is 26.3.